The van der Waals surface area contributed by atoms with Gasteiger partial charge in [-0.05, 0) is 25.0 Å². The Hall–Kier alpha value is -2.93. The van der Waals surface area contributed by atoms with Gasteiger partial charge in [0.05, 0.1) is 17.1 Å². The summed E-state index contributed by atoms with van der Waals surface area (Å²) in [5.74, 6) is -0.220. The summed E-state index contributed by atoms with van der Waals surface area (Å²) in [7, 11) is 0. The van der Waals surface area contributed by atoms with Gasteiger partial charge >= 0.3 is 5.97 Å². The van der Waals surface area contributed by atoms with Gasteiger partial charge in [0, 0.05) is 13.2 Å². The van der Waals surface area contributed by atoms with Crippen LogP contribution in [0.3, 0.4) is 0 Å². The van der Waals surface area contributed by atoms with Crippen molar-refractivity contribution in [2.75, 3.05) is 18.9 Å². The highest BCUT2D eigenvalue weighted by molar-refractivity contribution is 6.08. The van der Waals surface area contributed by atoms with E-state index in [1.165, 1.54) is 0 Å². The fourth-order valence-corrected chi connectivity index (χ4v) is 3.25. The highest BCUT2D eigenvalue weighted by atomic mass is 16.6. The Balaban J connectivity index is 1.78. The molecule has 7 heteroatoms. The lowest BCUT2D eigenvalue weighted by molar-refractivity contribution is 0.0163. The first-order valence-corrected chi connectivity index (χ1v) is 8.63. The monoisotopic (exact) mass is 352 g/mol. The third-order valence-electron chi connectivity index (χ3n) is 4.53. The number of carbonyl (C=O) groups excluding carboxylic acids is 1. The Morgan fingerprint density at radius 3 is 2.85 bits per heavy atom. The molecule has 1 aliphatic heterocycles. The molecule has 1 aromatic carbocycles. The van der Waals surface area contributed by atoms with Crippen molar-refractivity contribution in [2.45, 2.75) is 25.5 Å². The van der Waals surface area contributed by atoms with Crippen LogP contribution in [0.15, 0.2) is 36.9 Å². The van der Waals surface area contributed by atoms with Gasteiger partial charge in [-0.25, -0.2) is 14.8 Å². The molecule has 26 heavy (non-hydrogen) atoms. The van der Waals surface area contributed by atoms with Crippen LogP contribution in [0.5, 0.6) is 0 Å². The molecule has 1 saturated heterocycles. The Kier molecular flexibility index (Phi) is 4.30. The number of esters is 1. The second-order valence-corrected chi connectivity index (χ2v) is 6.28. The number of para-hydroxylation sites is 2. The maximum atomic E-state index is 12.7. The van der Waals surface area contributed by atoms with Crippen LogP contribution in [-0.4, -0.2) is 39.8 Å². The summed E-state index contributed by atoms with van der Waals surface area (Å²) in [6, 6.07) is 7.50. The normalized spacial score (nSPS) is 17.0. The minimum absolute atomic E-state index is 0.0476. The van der Waals surface area contributed by atoms with Gasteiger partial charge in [0.1, 0.15) is 23.5 Å². The fraction of sp³-hybridized carbons (Fsp3) is 0.316. The SMILES string of the molecule is C=CCn1c(N)c(C(=O)OC[C@H]2CCCO2)c2nc3ccccc3nc21. The van der Waals surface area contributed by atoms with Crippen molar-refractivity contribution in [1.29, 1.82) is 0 Å². The van der Waals surface area contributed by atoms with Crippen LogP contribution in [0.25, 0.3) is 22.2 Å². The first-order chi connectivity index (χ1) is 12.7. The van der Waals surface area contributed by atoms with E-state index < -0.39 is 5.97 Å². The van der Waals surface area contributed by atoms with E-state index in [0.717, 1.165) is 18.4 Å². The average molecular weight is 352 g/mol. The van der Waals surface area contributed by atoms with Crippen molar-refractivity contribution in [3.8, 4) is 0 Å². The topological polar surface area (TPSA) is 92.3 Å². The molecule has 0 unspecified atom stereocenters. The lowest BCUT2D eigenvalue weighted by atomic mass is 10.2. The van der Waals surface area contributed by atoms with Gasteiger partial charge in [0.15, 0.2) is 5.65 Å². The lowest BCUT2D eigenvalue weighted by Crippen LogP contribution is -2.18. The van der Waals surface area contributed by atoms with Gasteiger partial charge in [0.25, 0.3) is 0 Å². The quantitative estimate of drug-likeness (QED) is 0.561. The molecule has 0 radical (unpaired) electrons. The zero-order valence-electron chi connectivity index (χ0n) is 14.4. The van der Waals surface area contributed by atoms with Crippen molar-refractivity contribution in [3.63, 3.8) is 0 Å². The van der Waals surface area contributed by atoms with E-state index >= 15 is 0 Å². The second kappa shape index (κ2) is 6.76. The van der Waals surface area contributed by atoms with Crippen molar-refractivity contribution >= 4 is 34.0 Å². The van der Waals surface area contributed by atoms with Crippen LogP contribution in [-0.2, 0) is 16.0 Å². The first kappa shape index (κ1) is 16.5. The number of rotatable bonds is 5. The van der Waals surface area contributed by atoms with E-state index in [4.69, 9.17) is 15.2 Å². The summed E-state index contributed by atoms with van der Waals surface area (Å²) in [5, 5.41) is 0. The maximum Gasteiger partial charge on any atom is 0.344 e. The Morgan fingerprint density at radius 1 is 1.38 bits per heavy atom. The molecule has 0 bridgehead atoms. The van der Waals surface area contributed by atoms with Crippen molar-refractivity contribution in [2.24, 2.45) is 0 Å². The summed E-state index contributed by atoms with van der Waals surface area (Å²) >= 11 is 0. The standard InChI is InChI=1S/C19H20N4O3/c1-2-9-23-17(20)15(19(24)26-11-12-6-5-10-25-12)16-18(23)22-14-8-4-3-7-13(14)21-16/h2-4,7-8,12H,1,5-6,9-11,20H2/t12-/m1/s1. The Bertz CT molecular complexity index is 989. The number of nitrogens with two attached hydrogens (primary N) is 1. The van der Waals surface area contributed by atoms with Crippen molar-refractivity contribution in [1.82, 2.24) is 14.5 Å². The summed E-state index contributed by atoms with van der Waals surface area (Å²) in [5.41, 5.74) is 8.93. The molecule has 0 saturated carbocycles. The number of aromatic nitrogens is 3. The first-order valence-electron chi connectivity index (χ1n) is 8.63. The van der Waals surface area contributed by atoms with Gasteiger partial charge in [-0.15, -0.1) is 6.58 Å². The predicted molar refractivity (Wildman–Crippen MR) is 98.9 cm³/mol. The van der Waals surface area contributed by atoms with Crippen molar-refractivity contribution < 1.29 is 14.3 Å². The highest BCUT2D eigenvalue weighted by Gasteiger charge is 2.26. The predicted octanol–water partition coefficient (Wildman–Crippen LogP) is 2.69. The molecule has 7 nitrogen and oxygen atoms in total. The molecule has 134 valence electrons. The molecule has 0 amide bonds. The van der Waals surface area contributed by atoms with Gasteiger partial charge in [-0.2, -0.15) is 0 Å². The zero-order valence-corrected chi connectivity index (χ0v) is 14.4. The number of nitrogen functional groups attached to an aromatic ring is 1. The van der Waals surface area contributed by atoms with E-state index in [9.17, 15) is 4.79 Å². The number of benzene rings is 1. The summed E-state index contributed by atoms with van der Waals surface area (Å²) < 4.78 is 12.7. The van der Waals surface area contributed by atoms with Gasteiger partial charge in [-0.1, -0.05) is 18.2 Å². The number of hydrogen-bond acceptors (Lipinski definition) is 6. The second-order valence-electron chi connectivity index (χ2n) is 6.28. The number of fused-ring (bicyclic) bond motifs is 2. The van der Waals surface area contributed by atoms with Crippen LogP contribution >= 0.6 is 0 Å². The summed E-state index contributed by atoms with van der Waals surface area (Å²) in [6.45, 7) is 5.10. The summed E-state index contributed by atoms with van der Waals surface area (Å²) in [4.78, 5) is 22.0. The van der Waals surface area contributed by atoms with E-state index in [-0.39, 0.29) is 24.1 Å². The average Bonchev–Trinajstić information content (AvgIpc) is 3.25. The molecule has 1 fully saturated rings. The molecule has 0 spiro atoms. The molecule has 2 N–H and O–H groups in total. The molecular formula is C19H20N4O3. The molecular weight excluding hydrogens is 332 g/mol. The number of nitrogens with zero attached hydrogens (tertiary/aromatic N) is 3. The largest absolute Gasteiger partial charge is 0.459 e. The summed E-state index contributed by atoms with van der Waals surface area (Å²) in [6.07, 6.45) is 3.54. The minimum atomic E-state index is -0.504. The van der Waals surface area contributed by atoms with Gasteiger partial charge in [-0.3, -0.25) is 0 Å². The number of ether oxygens (including phenoxy) is 2. The van der Waals surface area contributed by atoms with Crippen molar-refractivity contribution in [3.05, 3.63) is 42.5 Å². The number of carbonyl (C=O) groups is 1. The van der Waals surface area contributed by atoms with Crippen LogP contribution < -0.4 is 5.73 Å². The van der Waals surface area contributed by atoms with Crippen LogP contribution in [0.4, 0.5) is 5.82 Å². The molecule has 1 aliphatic rings. The number of allylic oxidation sites excluding steroid dienone is 1. The molecule has 0 aliphatic carbocycles. The molecule has 4 rings (SSSR count). The van der Waals surface area contributed by atoms with Crippen LogP contribution in [0, 0.1) is 0 Å². The van der Waals surface area contributed by atoms with E-state index in [2.05, 4.69) is 16.5 Å². The fourth-order valence-electron chi connectivity index (χ4n) is 3.25. The van der Waals surface area contributed by atoms with Gasteiger partial charge < -0.3 is 19.8 Å². The molecule has 3 aromatic rings. The minimum Gasteiger partial charge on any atom is -0.459 e. The molecule has 1 atom stereocenters. The number of hydrogen-bond donors (Lipinski definition) is 1. The number of anilines is 1. The zero-order chi connectivity index (χ0) is 18.1. The Morgan fingerprint density at radius 2 is 2.15 bits per heavy atom. The van der Waals surface area contributed by atoms with Crippen LogP contribution in [0.2, 0.25) is 0 Å². The van der Waals surface area contributed by atoms with E-state index in [1.54, 1.807) is 10.6 Å². The molecule has 3 heterocycles. The van der Waals surface area contributed by atoms with E-state index in [0.29, 0.717) is 29.8 Å². The third kappa shape index (κ3) is 2.80. The van der Waals surface area contributed by atoms with Crippen LogP contribution in [0.1, 0.15) is 23.2 Å². The molecule has 2 aromatic heterocycles. The Labute approximate surface area is 150 Å². The highest BCUT2D eigenvalue weighted by Crippen LogP contribution is 2.28. The third-order valence-corrected chi connectivity index (χ3v) is 4.53. The van der Waals surface area contributed by atoms with E-state index in [1.807, 2.05) is 24.3 Å². The smallest absolute Gasteiger partial charge is 0.344 e. The van der Waals surface area contributed by atoms with Gasteiger partial charge in [0.2, 0.25) is 0 Å². The maximum absolute atomic E-state index is 12.7. The lowest BCUT2D eigenvalue weighted by Gasteiger charge is -2.10.